The molecule has 2 aromatic rings. The molecule has 2 aromatic carbocycles. The Morgan fingerprint density at radius 3 is 2.24 bits per heavy atom. The highest BCUT2D eigenvalue weighted by molar-refractivity contribution is 5.35. The van der Waals surface area contributed by atoms with E-state index in [0.29, 0.717) is 6.54 Å². The van der Waals surface area contributed by atoms with Crippen LogP contribution in [0.5, 0.6) is 11.5 Å². The number of hydrogen-bond acceptors (Lipinski definition) is 3. The van der Waals surface area contributed by atoms with Crippen molar-refractivity contribution in [2.24, 2.45) is 0 Å². The van der Waals surface area contributed by atoms with E-state index in [2.05, 4.69) is 24.4 Å². The number of rotatable bonds is 3. The summed E-state index contributed by atoms with van der Waals surface area (Å²) in [6, 6.07) is 16.1. The number of aliphatic hydroxyl groups is 1. The number of β-amino-alcohol motifs (C(OH)–C–C–N with tert-alkyl or cyclic N) is 1. The lowest BCUT2D eigenvalue weighted by molar-refractivity contribution is 0.118. The first-order valence-corrected chi connectivity index (χ1v) is 7.45. The number of aryl methyl sites for hydroxylation is 1. The van der Waals surface area contributed by atoms with Gasteiger partial charge in [0, 0.05) is 12.5 Å². The van der Waals surface area contributed by atoms with Crippen molar-refractivity contribution in [3.05, 3.63) is 59.7 Å². The monoisotopic (exact) mass is 283 g/mol. The molecule has 0 saturated carbocycles. The first kappa shape index (κ1) is 14.1. The van der Waals surface area contributed by atoms with Gasteiger partial charge in [-0.15, -0.1) is 0 Å². The topological polar surface area (TPSA) is 41.5 Å². The lowest BCUT2D eigenvalue weighted by Crippen LogP contribution is -2.39. The molecule has 2 N–H and O–H groups in total. The van der Waals surface area contributed by atoms with E-state index in [1.165, 1.54) is 11.1 Å². The summed E-state index contributed by atoms with van der Waals surface area (Å²) in [5.74, 6) is 1.89. The minimum atomic E-state index is -0.303. The van der Waals surface area contributed by atoms with Gasteiger partial charge in [-0.1, -0.05) is 29.8 Å². The van der Waals surface area contributed by atoms with Crippen molar-refractivity contribution < 1.29 is 9.84 Å². The fraction of sp³-hybridized carbons (Fsp3) is 0.333. The molecule has 0 amide bonds. The van der Waals surface area contributed by atoms with E-state index >= 15 is 0 Å². The van der Waals surface area contributed by atoms with Crippen LogP contribution in [0.25, 0.3) is 0 Å². The molecule has 3 nitrogen and oxygen atoms in total. The lowest BCUT2D eigenvalue weighted by atomic mass is 9.88. The Bertz CT molecular complexity index is 577. The SMILES string of the molecule is Cc1ccc(Oc2ccc(C3CCNCC3O)cc2)cc1. The molecule has 2 unspecified atom stereocenters. The third kappa shape index (κ3) is 3.43. The number of nitrogens with one attached hydrogen (secondary N) is 1. The van der Waals surface area contributed by atoms with Crippen molar-refractivity contribution in [1.29, 1.82) is 0 Å². The molecule has 3 rings (SSSR count). The van der Waals surface area contributed by atoms with Gasteiger partial charge in [0.25, 0.3) is 0 Å². The molecule has 1 fully saturated rings. The second-order valence-corrected chi connectivity index (χ2v) is 5.65. The van der Waals surface area contributed by atoms with Gasteiger partial charge in [0.05, 0.1) is 6.10 Å². The van der Waals surface area contributed by atoms with Crippen LogP contribution in [0.2, 0.25) is 0 Å². The van der Waals surface area contributed by atoms with Crippen LogP contribution in [0.3, 0.4) is 0 Å². The maximum absolute atomic E-state index is 10.1. The fourth-order valence-electron chi connectivity index (χ4n) is 2.76. The Morgan fingerprint density at radius 2 is 1.62 bits per heavy atom. The minimum Gasteiger partial charge on any atom is -0.457 e. The Labute approximate surface area is 125 Å². The molecular weight excluding hydrogens is 262 g/mol. The zero-order valence-corrected chi connectivity index (χ0v) is 12.3. The van der Waals surface area contributed by atoms with Crippen molar-refractivity contribution >= 4 is 0 Å². The van der Waals surface area contributed by atoms with Gasteiger partial charge in [0.15, 0.2) is 0 Å². The molecule has 1 aliphatic rings. The zero-order chi connectivity index (χ0) is 14.7. The molecule has 0 aliphatic carbocycles. The molecule has 3 heteroatoms. The summed E-state index contributed by atoms with van der Waals surface area (Å²) in [4.78, 5) is 0. The van der Waals surface area contributed by atoms with Crippen LogP contribution in [0.1, 0.15) is 23.5 Å². The van der Waals surface area contributed by atoms with Crippen LogP contribution in [0, 0.1) is 6.92 Å². The van der Waals surface area contributed by atoms with Gasteiger partial charge in [-0.25, -0.2) is 0 Å². The summed E-state index contributed by atoms with van der Waals surface area (Å²) >= 11 is 0. The molecule has 21 heavy (non-hydrogen) atoms. The Morgan fingerprint density at radius 1 is 1.00 bits per heavy atom. The summed E-state index contributed by atoms with van der Waals surface area (Å²) in [7, 11) is 0. The van der Waals surface area contributed by atoms with Crippen molar-refractivity contribution in [2.75, 3.05) is 13.1 Å². The normalized spacial score (nSPS) is 22.0. The molecule has 0 radical (unpaired) electrons. The van der Waals surface area contributed by atoms with Gasteiger partial charge in [0.2, 0.25) is 0 Å². The maximum atomic E-state index is 10.1. The molecule has 110 valence electrons. The van der Waals surface area contributed by atoms with E-state index in [9.17, 15) is 5.11 Å². The van der Waals surface area contributed by atoms with Gasteiger partial charge in [-0.3, -0.25) is 0 Å². The van der Waals surface area contributed by atoms with Crippen molar-refractivity contribution in [3.63, 3.8) is 0 Å². The van der Waals surface area contributed by atoms with Crippen LogP contribution in [-0.2, 0) is 0 Å². The third-order valence-electron chi connectivity index (χ3n) is 4.01. The van der Waals surface area contributed by atoms with E-state index in [1.54, 1.807) is 0 Å². The Hall–Kier alpha value is -1.84. The number of ether oxygens (including phenoxy) is 1. The third-order valence-corrected chi connectivity index (χ3v) is 4.01. The van der Waals surface area contributed by atoms with E-state index in [0.717, 1.165) is 24.5 Å². The fourth-order valence-corrected chi connectivity index (χ4v) is 2.76. The van der Waals surface area contributed by atoms with Crippen molar-refractivity contribution in [2.45, 2.75) is 25.4 Å². The van der Waals surface area contributed by atoms with Gasteiger partial charge in [-0.05, 0) is 49.7 Å². The highest BCUT2D eigenvalue weighted by Crippen LogP contribution is 2.28. The maximum Gasteiger partial charge on any atom is 0.127 e. The zero-order valence-electron chi connectivity index (χ0n) is 12.3. The van der Waals surface area contributed by atoms with Gasteiger partial charge >= 0.3 is 0 Å². The number of piperidine rings is 1. The van der Waals surface area contributed by atoms with Gasteiger partial charge < -0.3 is 15.2 Å². The molecule has 1 saturated heterocycles. The average Bonchev–Trinajstić information content (AvgIpc) is 2.51. The molecule has 1 aliphatic heterocycles. The van der Waals surface area contributed by atoms with E-state index in [1.807, 2.05) is 36.4 Å². The van der Waals surface area contributed by atoms with E-state index in [-0.39, 0.29) is 12.0 Å². The molecule has 1 heterocycles. The standard InChI is InChI=1S/C18H21NO2/c1-13-2-6-15(7-3-13)21-16-8-4-14(5-9-16)17-10-11-19-12-18(17)20/h2-9,17-20H,10-12H2,1H3. The van der Waals surface area contributed by atoms with Crippen molar-refractivity contribution in [1.82, 2.24) is 5.32 Å². The Kier molecular flexibility index (Phi) is 4.23. The first-order valence-electron chi connectivity index (χ1n) is 7.45. The van der Waals surface area contributed by atoms with E-state index < -0.39 is 0 Å². The number of aliphatic hydroxyl groups excluding tert-OH is 1. The van der Waals surface area contributed by atoms with Gasteiger partial charge in [0.1, 0.15) is 11.5 Å². The largest absolute Gasteiger partial charge is 0.457 e. The first-order chi connectivity index (χ1) is 10.2. The molecule has 0 aromatic heterocycles. The summed E-state index contributed by atoms with van der Waals surface area (Å²) in [6.07, 6.45) is 0.668. The minimum absolute atomic E-state index is 0.222. The molecule has 0 spiro atoms. The summed E-state index contributed by atoms with van der Waals surface area (Å²) in [5, 5.41) is 13.3. The predicted octanol–water partition coefficient (Wildman–Crippen LogP) is 3.23. The molecular formula is C18H21NO2. The van der Waals surface area contributed by atoms with Crippen molar-refractivity contribution in [3.8, 4) is 11.5 Å². The summed E-state index contributed by atoms with van der Waals surface area (Å²) in [5.41, 5.74) is 2.40. The quantitative estimate of drug-likeness (QED) is 0.908. The lowest BCUT2D eigenvalue weighted by Gasteiger charge is -2.28. The smallest absolute Gasteiger partial charge is 0.127 e. The second-order valence-electron chi connectivity index (χ2n) is 5.65. The second kappa shape index (κ2) is 6.29. The summed E-state index contributed by atoms with van der Waals surface area (Å²) in [6.45, 7) is 3.69. The van der Waals surface area contributed by atoms with E-state index in [4.69, 9.17) is 4.74 Å². The van der Waals surface area contributed by atoms with Crippen LogP contribution in [0.15, 0.2) is 48.5 Å². The number of hydrogen-bond donors (Lipinski definition) is 2. The van der Waals surface area contributed by atoms with Crippen LogP contribution >= 0.6 is 0 Å². The van der Waals surface area contributed by atoms with Crippen LogP contribution in [0.4, 0.5) is 0 Å². The molecule has 0 bridgehead atoms. The van der Waals surface area contributed by atoms with Gasteiger partial charge in [-0.2, -0.15) is 0 Å². The number of benzene rings is 2. The predicted molar refractivity (Wildman–Crippen MR) is 83.9 cm³/mol. The van der Waals surface area contributed by atoms with Crippen LogP contribution < -0.4 is 10.1 Å². The highest BCUT2D eigenvalue weighted by Gasteiger charge is 2.24. The average molecular weight is 283 g/mol. The van der Waals surface area contributed by atoms with Crippen LogP contribution in [-0.4, -0.2) is 24.3 Å². The highest BCUT2D eigenvalue weighted by atomic mass is 16.5. The summed E-state index contributed by atoms with van der Waals surface area (Å²) < 4.78 is 5.83. The Balaban J connectivity index is 1.70. The molecule has 2 atom stereocenters.